The highest BCUT2D eigenvalue weighted by Crippen LogP contribution is 2.12. The lowest BCUT2D eigenvalue weighted by Gasteiger charge is -2.12. The van der Waals surface area contributed by atoms with Gasteiger partial charge in [-0.3, -0.25) is 0 Å². The molecule has 0 bridgehead atoms. The molecule has 0 aliphatic carbocycles. The lowest BCUT2D eigenvalue weighted by Crippen LogP contribution is -2.23. The number of rotatable bonds is 8. The summed E-state index contributed by atoms with van der Waals surface area (Å²) >= 11 is 0. The maximum Gasteiger partial charge on any atom is 0.150 e. The lowest BCUT2D eigenvalue weighted by molar-refractivity contribution is 0.582. The number of hydrogen-bond acceptors (Lipinski definition) is 3. The SMILES string of the molecule is CCS(=O)(=O)CCCNCC(C)c1ccccc1. The molecule has 0 amide bonds. The Kier molecular flexibility index (Phi) is 6.36. The van der Waals surface area contributed by atoms with Crippen LogP contribution in [0.3, 0.4) is 0 Å². The second-order valence-electron chi connectivity index (χ2n) is 4.61. The minimum absolute atomic E-state index is 0.243. The lowest BCUT2D eigenvalue weighted by atomic mass is 10.0. The Hall–Kier alpha value is -0.870. The van der Waals surface area contributed by atoms with E-state index < -0.39 is 9.84 Å². The van der Waals surface area contributed by atoms with Gasteiger partial charge in [-0.2, -0.15) is 0 Å². The second-order valence-corrected chi connectivity index (χ2v) is 7.08. The molecule has 1 unspecified atom stereocenters. The fraction of sp³-hybridized carbons (Fsp3) is 0.571. The van der Waals surface area contributed by atoms with E-state index in [0.717, 1.165) is 13.1 Å². The molecule has 1 aromatic rings. The van der Waals surface area contributed by atoms with Crippen molar-refractivity contribution in [1.82, 2.24) is 5.32 Å². The molecule has 102 valence electrons. The van der Waals surface area contributed by atoms with Gasteiger partial charge in [0.25, 0.3) is 0 Å². The second kappa shape index (κ2) is 7.54. The summed E-state index contributed by atoms with van der Waals surface area (Å²) in [5.74, 6) is 0.984. The maximum absolute atomic E-state index is 11.3. The third kappa shape index (κ3) is 5.65. The normalized spacial score (nSPS) is 13.4. The topological polar surface area (TPSA) is 46.2 Å². The van der Waals surface area contributed by atoms with E-state index in [4.69, 9.17) is 0 Å². The van der Waals surface area contributed by atoms with Crippen LogP contribution in [0.25, 0.3) is 0 Å². The molecular weight excluding hydrogens is 246 g/mol. The highest BCUT2D eigenvalue weighted by molar-refractivity contribution is 7.91. The molecule has 0 aromatic heterocycles. The van der Waals surface area contributed by atoms with Crippen LogP contribution in [0, 0.1) is 0 Å². The van der Waals surface area contributed by atoms with Crippen LogP contribution in [0.2, 0.25) is 0 Å². The van der Waals surface area contributed by atoms with E-state index in [-0.39, 0.29) is 11.5 Å². The summed E-state index contributed by atoms with van der Waals surface area (Å²) in [7, 11) is -2.81. The molecule has 0 aliphatic heterocycles. The van der Waals surface area contributed by atoms with Crippen LogP contribution in [0.15, 0.2) is 30.3 Å². The summed E-state index contributed by atoms with van der Waals surface area (Å²) in [6, 6.07) is 10.3. The summed E-state index contributed by atoms with van der Waals surface area (Å²) in [6.45, 7) is 5.51. The highest BCUT2D eigenvalue weighted by atomic mass is 32.2. The van der Waals surface area contributed by atoms with Gasteiger partial charge in [-0.1, -0.05) is 44.2 Å². The van der Waals surface area contributed by atoms with Crippen molar-refractivity contribution in [2.24, 2.45) is 0 Å². The Bertz CT molecular complexity index is 428. The number of nitrogens with one attached hydrogen (secondary N) is 1. The molecule has 0 saturated carbocycles. The molecule has 18 heavy (non-hydrogen) atoms. The van der Waals surface area contributed by atoms with E-state index in [1.54, 1.807) is 6.92 Å². The predicted octanol–water partition coefficient (Wildman–Crippen LogP) is 2.20. The summed E-state index contributed by atoms with van der Waals surface area (Å²) in [4.78, 5) is 0. The third-order valence-electron chi connectivity index (χ3n) is 3.07. The first kappa shape index (κ1) is 15.2. The van der Waals surface area contributed by atoms with E-state index in [9.17, 15) is 8.42 Å². The number of hydrogen-bond donors (Lipinski definition) is 1. The Morgan fingerprint density at radius 2 is 1.89 bits per heavy atom. The Morgan fingerprint density at radius 3 is 2.50 bits per heavy atom. The smallest absolute Gasteiger partial charge is 0.150 e. The Labute approximate surface area is 111 Å². The largest absolute Gasteiger partial charge is 0.316 e. The van der Waals surface area contributed by atoms with Crippen molar-refractivity contribution in [3.05, 3.63) is 35.9 Å². The van der Waals surface area contributed by atoms with E-state index in [1.165, 1.54) is 5.56 Å². The van der Waals surface area contributed by atoms with Gasteiger partial charge in [0, 0.05) is 12.3 Å². The highest BCUT2D eigenvalue weighted by Gasteiger charge is 2.07. The average molecular weight is 269 g/mol. The first-order valence-corrected chi connectivity index (χ1v) is 8.33. The standard InChI is InChI=1S/C14H23NO2S/c1-3-18(16,17)11-7-10-15-12-13(2)14-8-5-4-6-9-14/h4-6,8-9,13,15H,3,7,10-12H2,1-2H3. The fourth-order valence-electron chi connectivity index (χ4n) is 1.78. The molecule has 0 saturated heterocycles. The molecule has 0 spiro atoms. The molecule has 1 atom stereocenters. The van der Waals surface area contributed by atoms with Gasteiger partial charge < -0.3 is 5.32 Å². The predicted molar refractivity (Wildman–Crippen MR) is 76.7 cm³/mol. The Morgan fingerprint density at radius 1 is 1.22 bits per heavy atom. The van der Waals surface area contributed by atoms with Crippen molar-refractivity contribution < 1.29 is 8.42 Å². The number of sulfone groups is 1. The van der Waals surface area contributed by atoms with Crippen molar-refractivity contribution in [3.8, 4) is 0 Å². The van der Waals surface area contributed by atoms with Crippen molar-refractivity contribution in [2.45, 2.75) is 26.2 Å². The minimum atomic E-state index is -2.81. The van der Waals surface area contributed by atoms with Gasteiger partial charge in [-0.15, -0.1) is 0 Å². The molecule has 0 aliphatic rings. The van der Waals surface area contributed by atoms with Crippen LogP contribution < -0.4 is 5.32 Å². The van der Waals surface area contributed by atoms with Crippen LogP contribution in [-0.2, 0) is 9.84 Å². The van der Waals surface area contributed by atoms with Crippen molar-refractivity contribution in [3.63, 3.8) is 0 Å². The fourth-order valence-corrected chi connectivity index (χ4v) is 2.65. The quantitative estimate of drug-likeness (QED) is 0.736. The van der Waals surface area contributed by atoms with Crippen LogP contribution >= 0.6 is 0 Å². The van der Waals surface area contributed by atoms with Crippen LogP contribution in [0.5, 0.6) is 0 Å². The van der Waals surface area contributed by atoms with E-state index in [2.05, 4.69) is 24.4 Å². The summed E-state index contributed by atoms with van der Waals surface area (Å²) < 4.78 is 22.6. The first-order chi connectivity index (χ1) is 8.55. The maximum atomic E-state index is 11.3. The van der Waals surface area contributed by atoms with Crippen LogP contribution in [0.1, 0.15) is 31.7 Å². The van der Waals surface area contributed by atoms with E-state index in [0.29, 0.717) is 12.3 Å². The number of benzene rings is 1. The monoisotopic (exact) mass is 269 g/mol. The molecular formula is C14H23NO2S. The molecule has 0 radical (unpaired) electrons. The molecule has 0 heterocycles. The Balaban J connectivity index is 2.19. The van der Waals surface area contributed by atoms with Crippen LogP contribution in [-0.4, -0.2) is 33.0 Å². The van der Waals surface area contributed by atoms with Gasteiger partial charge >= 0.3 is 0 Å². The van der Waals surface area contributed by atoms with Crippen LogP contribution in [0.4, 0.5) is 0 Å². The zero-order valence-electron chi connectivity index (χ0n) is 11.2. The van der Waals surface area contributed by atoms with Gasteiger partial charge in [-0.05, 0) is 24.4 Å². The average Bonchev–Trinajstić information content (AvgIpc) is 2.39. The molecule has 1 N–H and O–H groups in total. The molecule has 1 aromatic carbocycles. The summed E-state index contributed by atoms with van der Waals surface area (Å²) in [5, 5.41) is 3.32. The third-order valence-corrected chi connectivity index (χ3v) is 4.86. The van der Waals surface area contributed by atoms with Gasteiger partial charge in [0.1, 0.15) is 9.84 Å². The molecule has 3 nitrogen and oxygen atoms in total. The zero-order chi connectivity index (χ0) is 13.4. The summed E-state index contributed by atoms with van der Waals surface area (Å²) in [6.07, 6.45) is 0.692. The van der Waals surface area contributed by atoms with Crippen molar-refractivity contribution >= 4 is 9.84 Å². The molecule has 4 heteroatoms. The van der Waals surface area contributed by atoms with Gasteiger partial charge in [0.05, 0.1) is 5.75 Å². The van der Waals surface area contributed by atoms with E-state index >= 15 is 0 Å². The minimum Gasteiger partial charge on any atom is -0.316 e. The zero-order valence-corrected chi connectivity index (χ0v) is 12.0. The van der Waals surface area contributed by atoms with Crippen molar-refractivity contribution in [1.29, 1.82) is 0 Å². The van der Waals surface area contributed by atoms with Gasteiger partial charge in [0.15, 0.2) is 0 Å². The first-order valence-electron chi connectivity index (χ1n) is 6.51. The van der Waals surface area contributed by atoms with Gasteiger partial charge in [0.2, 0.25) is 0 Å². The molecule has 0 fully saturated rings. The molecule has 1 rings (SSSR count). The van der Waals surface area contributed by atoms with E-state index in [1.807, 2.05) is 18.2 Å². The van der Waals surface area contributed by atoms with Gasteiger partial charge in [-0.25, -0.2) is 8.42 Å². The van der Waals surface area contributed by atoms with Crippen molar-refractivity contribution in [2.75, 3.05) is 24.6 Å². The summed E-state index contributed by atoms with van der Waals surface area (Å²) in [5.41, 5.74) is 1.31.